The van der Waals surface area contributed by atoms with Crippen LogP contribution in [0.4, 0.5) is 10.3 Å². The van der Waals surface area contributed by atoms with E-state index < -0.39 is 0 Å². The molecule has 26 heavy (non-hydrogen) atoms. The van der Waals surface area contributed by atoms with Crippen LogP contribution in [0.1, 0.15) is 6.92 Å². The molecule has 0 amide bonds. The van der Waals surface area contributed by atoms with Crippen LogP contribution in [0.25, 0.3) is 0 Å². The highest BCUT2D eigenvalue weighted by Gasteiger charge is 2.25. The third kappa shape index (κ3) is 3.90. The van der Waals surface area contributed by atoms with Gasteiger partial charge in [-0.05, 0) is 24.3 Å². The summed E-state index contributed by atoms with van der Waals surface area (Å²) in [5, 5.41) is 1.73. The maximum absolute atomic E-state index is 13.0. The van der Waals surface area contributed by atoms with Crippen molar-refractivity contribution >= 4 is 22.9 Å². The van der Waals surface area contributed by atoms with Gasteiger partial charge in [0.1, 0.15) is 11.6 Å². The number of anilines is 1. The Kier molecular flexibility index (Phi) is 4.92. The van der Waals surface area contributed by atoms with Crippen LogP contribution in [0.2, 0.25) is 0 Å². The van der Waals surface area contributed by atoms with Gasteiger partial charge < -0.3 is 14.5 Å². The number of amidine groups is 1. The zero-order valence-corrected chi connectivity index (χ0v) is 15.3. The van der Waals surface area contributed by atoms with Crippen molar-refractivity contribution < 1.29 is 9.13 Å². The van der Waals surface area contributed by atoms with E-state index in [0.29, 0.717) is 22.8 Å². The first-order valence-corrected chi connectivity index (χ1v) is 9.53. The van der Waals surface area contributed by atoms with Gasteiger partial charge in [0, 0.05) is 43.7 Å². The minimum atomic E-state index is -0.293. The van der Waals surface area contributed by atoms with E-state index >= 15 is 0 Å². The number of aromatic nitrogens is 2. The second-order valence-corrected chi connectivity index (χ2v) is 7.68. The molecule has 136 valence electrons. The van der Waals surface area contributed by atoms with Gasteiger partial charge in [-0.25, -0.2) is 9.37 Å². The van der Waals surface area contributed by atoms with Crippen molar-refractivity contribution in [2.45, 2.75) is 12.2 Å². The minimum Gasteiger partial charge on any atom is -0.439 e. The smallest absolute Gasteiger partial charge is 0.228 e. The van der Waals surface area contributed by atoms with Crippen molar-refractivity contribution in [2.75, 3.05) is 37.6 Å². The maximum Gasteiger partial charge on any atom is 0.228 e. The van der Waals surface area contributed by atoms with E-state index in [1.807, 2.05) is 11.8 Å². The summed E-state index contributed by atoms with van der Waals surface area (Å²) in [6, 6.07) is 7.59. The average Bonchev–Trinajstić information content (AvgIpc) is 3.10. The molecule has 2 aliphatic rings. The second kappa shape index (κ2) is 7.49. The van der Waals surface area contributed by atoms with Crippen molar-refractivity contribution in [3.8, 4) is 11.6 Å². The number of halogens is 1. The Morgan fingerprint density at radius 3 is 2.50 bits per heavy atom. The number of hydrogen-bond donors (Lipinski definition) is 0. The van der Waals surface area contributed by atoms with Gasteiger partial charge in [0.15, 0.2) is 5.17 Å². The molecule has 0 saturated carbocycles. The largest absolute Gasteiger partial charge is 0.439 e. The molecule has 2 aromatic rings. The van der Waals surface area contributed by atoms with Crippen LogP contribution >= 0.6 is 11.8 Å². The molecule has 0 N–H and O–H groups in total. The molecule has 8 heteroatoms. The second-order valence-electron chi connectivity index (χ2n) is 6.28. The van der Waals surface area contributed by atoms with E-state index in [1.54, 1.807) is 24.4 Å². The third-order valence-electron chi connectivity index (χ3n) is 4.28. The summed E-state index contributed by atoms with van der Waals surface area (Å²) in [4.78, 5) is 18.0. The minimum absolute atomic E-state index is 0.293. The molecule has 1 atom stereocenters. The zero-order chi connectivity index (χ0) is 17.9. The van der Waals surface area contributed by atoms with Gasteiger partial charge in [0.05, 0.1) is 6.54 Å². The molecule has 1 aromatic carbocycles. The number of aliphatic imine (C=N–C) groups is 1. The molecule has 0 spiro atoms. The van der Waals surface area contributed by atoms with E-state index in [9.17, 15) is 4.39 Å². The lowest BCUT2D eigenvalue weighted by Crippen LogP contribution is -2.48. The zero-order valence-electron chi connectivity index (χ0n) is 14.5. The summed E-state index contributed by atoms with van der Waals surface area (Å²) in [7, 11) is 0. The first kappa shape index (κ1) is 17.1. The van der Waals surface area contributed by atoms with Gasteiger partial charge in [-0.3, -0.25) is 4.99 Å². The molecule has 1 saturated heterocycles. The number of ether oxygens (including phenoxy) is 1. The van der Waals surface area contributed by atoms with Crippen molar-refractivity contribution in [1.29, 1.82) is 0 Å². The molecule has 0 aliphatic carbocycles. The van der Waals surface area contributed by atoms with Crippen LogP contribution in [0.15, 0.2) is 41.5 Å². The van der Waals surface area contributed by atoms with E-state index in [1.165, 1.54) is 12.1 Å². The Bertz CT molecular complexity index is 792. The first-order valence-electron chi connectivity index (χ1n) is 8.65. The monoisotopic (exact) mass is 373 g/mol. The summed E-state index contributed by atoms with van der Waals surface area (Å²) in [6.07, 6.45) is 1.69. The van der Waals surface area contributed by atoms with Gasteiger partial charge in [-0.1, -0.05) is 18.7 Å². The molecule has 0 radical (unpaired) electrons. The Hall–Kier alpha value is -2.35. The molecule has 0 bridgehead atoms. The van der Waals surface area contributed by atoms with E-state index in [-0.39, 0.29) is 5.82 Å². The highest BCUT2D eigenvalue weighted by Crippen LogP contribution is 2.25. The van der Waals surface area contributed by atoms with Gasteiger partial charge in [-0.2, -0.15) is 4.98 Å². The normalized spacial score (nSPS) is 20.2. The molecule has 1 unspecified atom stereocenters. The molecule has 1 aromatic heterocycles. The lowest BCUT2D eigenvalue weighted by molar-refractivity contribution is 0.387. The summed E-state index contributed by atoms with van der Waals surface area (Å²) < 4.78 is 18.7. The van der Waals surface area contributed by atoms with Crippen LogP contribution in [0.3, 0.4) is 0 Å². The topological polar surface area (TPSA) is 53.9 Å². The summed E-state index contributed by atoms with van der Waals surface area (Å²) in [5.41, 5.74) is 0. The third-order valence-corrected chi connectivity index (χ3v) is 5.43. The highest BCUT2D eigenvalue weighted by atomic mass is 32.2. The van der Waals surface area contributed by atoms with Crippen LogP contribution in [0.5, 0.6) is 11.6 Å². The molecule has 1 fully saturated rings. The fraction of sp³-hybridized carbons (Fsp3) is 0.389. The molecule has 2 aliphatic heterocycles. The number of piperazine rings is 1. The fourth-order valence-electron chi connectivity index (χ4n) is 2.90. The Labute approximate surface area is 156 Å². The number of nitrogens with zero attached hydrogens (tertiary/aromatic N) is 5. The Morgan fingerprint density at radius 2 is 1.81 bits per heavy atom. The predicted octanol–water partition coefficient (Wildman–Crippen LogP) is 3.02. The lowest BCUT2D eigenvalue weighted by atomic mass is 10.3. The van der Waals surface area contributed by atoms with E-state index in [0.717, 1.165) is 37.9 Å². The van der Waals surface area contributed by atoms with Crippen LogP contribution in [-0.2, 0) is 0 Å². The van der Waals surface area contributed by atoms with E-state index in [2.05, 4.69) is 31.7 Å². The average molecular weight is 373 g/mol. The Morgan fingerprint density at radius 1 is 1.08 bits per heavy atom. The molecule has 6 nitrogen and oxygen atoms in total. The standard InChI is InChI=1S/C18H20FN5OS/c1-13-12-21-18(26-13)24-10-8-23(9-11-24)17-20-7-6-16(22-17)25-15-4-2-14(19)3-5-15/h2-7,13H,8-12H2,1H3. The highest BCUT2D eigenvalue weighted by molar-refractivity contribution is 8.14. The molecule has 3 heterocycles. The van der Waals surface area contributed by atoms with Crippen LogP contribution in [0, 0.1) is 5.82 Å². The maximum atomic E-state index is 13.0. The lowest BCUT2D eigenvalue weighted by Gasteiger charge is -2.35. The predicted molar refractivity (Wildman–Crippen MR) is 102 cm³/mol. The number of benzene rings is 1. The molecular weight excluding hydrogens is 353 g/mol. The Balaban J connectivity index is 1.39. The summed E-state index contributed by atoms with van der Waals surface area (Å²) >= 11 is 1.85. The van der Waals surface area contributed by atoms with Crippen LogP contribution in [-0.4, -0.2) is 58.0 Å². The quantitative estimate of drug-likeness (QED) is 0.824. The first-order chi connectivity index (χ1) is 12.7. The number of thioether (sulfide) groups is 1. The van der Waals surface area contributed by atoms with Crippen molar-refractivity contribution in [3.63, 3.8) is 0 Å². The van der Waals surface area contributed by atoms with E-state index in [4.69, 9.17) is 4.74 Å². The van der Waals surface area contributed by atoms with Gasteiger partial charge in [-0.15, -0.1) is 0 Å². The fourth-order valence-corrected chi connectivity index (χ4v) is 3.89. The summed E-state index contributed by atoms with van der Waals surface area (Å²) in [5.74, 6) is 1.36. The van der Waals surface area contributed by atoms with Crippen molar-refractivity contribution in [2.24, 2.45) is 4.99 Å². The molecule has 4 rings (SSSR count). The van der Waals surface area contributed by atoms with Crippen LogP contribution < -0.4 is 9.64 Å². The molecular formula is C18H20FN5OS. The summed E-state index contributed by atoms with van der Waals surface area (Å²) in [6.45, 7) is 6.61. The van der Waals surface area contributed by atoms with Crippen molar-refractivity contribution in [3.05, 3.63) is 42.3 Å². The number of hydrogen-bond acceptors (Lipinski definition) is 7. The van der Waals surface area contributed by atoms with Gasteiger partial charge in [0.25, 0.3) is 0 Å². The van der Waals surface area contributed by atoms with Gasteiger partial charge >= 0.3 is 0 Å². The SMILES string of the molecule is CC1CN=C(N2CCN(c3nccc(Oc4ccc(F)cc4)n3)CC2)S1. The van der Waals surface area contributed by atoms with Gasteiger partial charge in [0.2, 0.25) is 11.8 Å². The van der Waals surface area contributed by atoms with Crippen molar-refractivity contribution in [1.82, 2.24) is 14.9 Å². The number of rotatable bonds is 3.